The molecule has 8 heteroatoms. The SMILES string of the molecule is COc1cc(/C=C2\C[C@H]3[C@@H]4CC=C5C[C@@H](OC(C)=O)CC[C@]5(C)[C@H]4CC[C@]3(C)[C@H]2OC(C)=O)ccc1OCCCn1ccnc1. The summed E-state index contributed by atoms with van der Waals surface area (Å²) in [6, 6.07) is 6.06. The summed E-state index contributed by atoms with van der Waals surface area (Å²) in [7, 11) is 1.67. The first-order valence-corrected chi connectivity index (χ1v) is 16.6. The van der Waals surface area contributed by atoms with Gasteiger partial charge in [0.25, 0.3) is 0 Å². The van der Waals surface area contributed by atoms with E-state index < -0.39 is 0 Å². The maximum atomic E-state index is 12.5. The van der Waals surface area contributed by atoms with Crippen LogP contribution in [0.3, 0.4) is 0 Å². The van der Waals surface area contributed by atoms with E-state index in [1.54, 1.807) is 13.3 Å². The van der Waals surface area contributed by atoms with Gasteiger partial charge in [0.05, 0.1) is 20.0 Å². The summed E-state index contributed by atoms with van der Waals surface area (Å²) in [5, 5.41) is 0. The number of methoxy groups -OCH3 is 1. The molecular weight excluding hydrogens is 568 g/mol. The van der Waals surface area contributed by atoms with Gasteiger partial charge in [0.15, 0.2) is 11.5 Å². The van der Waals surface area contributed by atoms with E-state index in [2.05, 4.69) is 37.0 Å². The number of carbonyl (C=O) groups excluding carboxylic acids is 2. The van der Waals surface area contributed by atoms with E-state index in [4.69, 9.17) is 18.9 Å². The lowest BCUT2D eigenvalue weighted by atomic mass is 9.48. The molecule has 4 aliphatic carbocycles. The number of hydrogen-bond donors (Lipinski definition) is 0. The first-order chi connectivity index (χ1) is 21.6. The van der Waals surface area contributed by atoms with Crippen molar-refractivity contribution in [3.8, 4) is 11.5 Å². The van der Waals surface area contributed by atoms with Gasteiger partial charge in [0.1, 0.15) is 12.2 Å². The third kappa shape index (κ3) is 6.17. The fraction of sp³-hybridized carbons (Fsp3) is 0.595. The van der Waals surface area contributed by atoms with Gasteiger partial charge in [0, 0.05) is 44.6 Å². The van der Waals surface area contributed by atoms with Crippen molar-refractivity contribution in [2.45, 2.75) is 97.8 Å². The molecule has 0 amide bonds. The van der Waals surface area contributed by atoms with E-state index in [0.717, 1.165) is 69.2 Å². The van der Waals surface area contributed by atoms with Crippen molar-refractivity contribution in [1.29, 1.82) is 0 Å². The summed E-state index contributed by atoms with van der Waals surface area (Å²) in [4.78, 5) is 28.2. The van der Waals surface area contributed by atoms with Gasteiger partial charge in [-0.2, -0.15) is 0 Å². The van der Waals surface area contributed by atoms with Gasteiger partial charge < -0.3 is 23.5 Å². The molecule has 2 aromatic rings. The molecule has 0 saturated heterocycles. The molecule has 3 saturated carbocycles. The maximum Gasteiger partial charge on any atom is 0.303 e. The number of benzene rings is 1. The van der Waals surface area contributed by atoms with Gasteiger partial charge in [-0.3, -0.25) is 9.59 Å². The Balaban J connectivity index is 1.22. The van der Waals surface area contributed by atoms with Crippen molar-refractivity contribution in [3.63, 3.8) is 0 Å². The number of aryl methyl sites for hydroxylation is 1. The highest BCUT2D eigenvalue weighted by Crippen LogP contribution is 2.66. The van der Waals surface area contributed by atoms with Crippen molar-refractivity contribution >= 4 is 18.0 Å². The number of esters is 2. The van der Waals surface area contributed by atoms with E-state index in [1.807, 2.05) is 29.2 Å². The summed E-state index contributed by atoms with van der Waals surface area (Å²) < 4.78 is 25.7. The largest absolute Gasteiger partial charge is 0.493 e. The molecule has 0 unspecified atom stereocenters. The predicted octanol–water partition coefficient (Wildman–Crippen LogP) is 7.18. The van der Waals surface area contributed by atoms with Gasteiger partial charge in [0.2, 0.25) is 0 Å². The summed E-state index contributed by atoms with van der Waals surface area (Å²) in [6.45, 7) is 9.26. The number of rotatable bonds is 9. The molecule has 0 radical (unpaired) electrons. The van der Waals surface area contributed by atoms with Gasteiger partial charge in [-0.1, -0.05) is 37.6 Å². The zero-order chi connectivity index (χ0) is 31.8. The number of imidazole rings is 1. The summed E-state index contributed by atoms with van der Waals surface area (Å²) in [6.07, 6.45) is 17.8. The first-order valence-electron chi connectivity index (χ1n) is 16.6. The van der Waals surface area contributed by atoms with Crippen LogP contribution in [-0.4, -0.2) is 47.4 Å². The van der Waals surface area contributed by atoms with Crippen LogP contribution in [0, 0.1) is 28.6 Å². The van der Waals surface area contributed by atoms with Crippen molar-refractivity contribution in [2.75, 3.05) is 13.7 Å². The monoisotopic (exact) mass is 616 g/mol. The Hall–Kier alpha value is -3.55. The van der Waals surface area contributed by atoms with Crippen LogP contribution in [0.25, 0.3) is 6.08 Å². The van der Waals surface area contributed by atoms with Gasteiger partial charge >= 0.3 is 11.9 Å². The number of nitrogens with zero attached hydrogens (tertiary/aromatic N) is 2. The number of fused-ring (bicyclic) bond motifs is 5. The maximum absolute atomic E-state index is 12.5. The molecule has 1 heterocycles. The molecule has 0 spiro atoms. The minimum Gasteiger partial charge on any atom is -0.493 e. The van der Waals surface area contributed by atoms with Gasteiger partial charge in [-0.15, -0.1) is 0 Å². The third-order valence-electron chi connectivity index (χ3n) is 11.4. The van der Waals surface area contributed by atoms with Gasteiger partial charge in [-0.05, 0) is 91.4 Å². The second-order valence-corrected chi connectivity index (χ2v) is 14.1. The van der Waals surface area contributed by atoms with Crippen LogP contribution in [0.5, 0.6) is 11.5 Å². The molecule has 7 atom stereocenters. The standard InChI is InChI=1S/C37H48N2O6/c1-24(40)44-29-11-13-36(3)28(22-29)8-9-30-31(36)12-14-37(4)32(30)21-27(35(37)45-25(2)41)19-26-7-10-33(34(20-26)42-5)43-18-6-16-39-17-15-38-23-39/h7-8,10,15,17,19-20,23,29-32,35H,6,9,11-14,16,18,21-22H2,1-5H3/b27-19+/t29-,30+,31-,32-,35-,36-,37-/m0/s1. The molecule has 0 N–H and O–H groups in total. The molecular formula is C37H48N2O6. The predicted molar refractivity (Wildman–Crippen MR) is 172 cm³/mol. The van der Waals surface area contributed by atoms with Crippen LogP contribution in [0.4, 0.5) is 0 Å². The van der Waals surface area contributed by atoms with Crippen LogP contribution < -0.4 is 9.47 Å². The average molecular weight is 617 g/mol. The third-order valence-corrected chi connectivity index (χ3v) is 11.4. The lowest BCUT2D eigenvalue weighted by Crippen LogP contribution is -2.51. The van der Waals surface area contributed by atoms with Gasteiger partial charge in [-0.25, -0.2) is 4.98 Å². The summed E-state index contributed by atoms with van der Waals surface area (Å²) in [5.74, 6) is 2.53. The highest BCUT2D eigenvalue weighted by atomic mass is 16.5. The van der Waals surface area contributed by atoms with Crippen LogP contribution in [0.1, 0.15) is 84.6 Å². The molecule has 1 aromatic heterocycles. The Labute approximate surface area is 267 Å². The Bertz CT molecular complexity index is 1460. The fourth-order valence-corrected chi connectivity index (χ4v) is 9.27. The number of allylic oxidation sites excluding steroid dienone is 1. The minimum atomic E-state index is -0.246. The molecule has 4 aliphatic rings. The Morgan fingerprint density at radius 3 is 2.60 bits per heavy atom. The molecule has 45 heavy (non-hydrogen) atoms. The van der Waals surface area contributed by atoms with E-state index >= 15 is 0 Å². The summed E-state index contributed by atoms with van der Waals surface area (Å²) in [5.41, 5.74) is 3.70. The van der Waals surface area contributed by atoms with Crippen molar-refractivity contribution in [1.82, 2.24) is 9.55 Å². The topological polar surface area (TPSA) is 88.9 Å². The van der Waals surface area contributed by atoms with E-state index in [1.165, 1.54) is 25.0 Å². The molecule has 0 aliphatic heterocycles. The molecule has 0 bridgehead atoms. The van der Waals surface area contributed by atoms with Crippen molar-refractivity contribution in [2.24, 2.45) is 28.6 Å². The normalized spacial score (nSPS) is 33.0. The number of ether oxygens (including phenoxy) is 4. The molecule has 6 rings (SSSR count). The number of aromatic nitrogens is 2. The highest BCUT2D eigenvalue weighted by Gasteiger charge is 2.61. The fourth-order valence-electron chi connectivity index (χ4n) is 9.27. The lowest BCUT2D eigenvalue weighted by Gasteiger charge is -2.57. The van der Waals surface area contributed by atoms with Crippen LogP contribution in [0.15, 0.2) is 54.1 Å². The van der Waals surface area contributed by atoms with Crippen molar-refractivity contribution in [3.05, 3.63) is 59.7 Å². The molecule has 1 aromatic carbocycles. The quantitative estimate of drug-likeness (QED) is 0.168. The Morgan fingerprint density at radius 2 is 1.87 bits per heavy atom. The Morgan fingerprint density at radius 1 is 1.04 bits per heavy atom. The van der Waals surface area contributed by atoms with Crippen LogP contribution >= 0.6 is 0 Å². The van der Waals surface area contributed by atoms with E-state index in [9.17, 15) is 9.59 Å². The minimum absolute atomic E-state index is 0.00212. The second-order valence-electron chi connectivity index (χ2n) is 14.1. The number of carbonyl (C=O) groups is 2. The lowest BCUT2D eigenvalue weighted by molar-refractivity contribution is -0.154. The van der Waals surface area contributed by atoms with Crippen LogP contribution in [0.2, 0.25) is 0 Å². The molecule has 8 nitrogen and oxygen atoms in total. The molecule has 242 valence electrons. The average Bonchev–Trinajstić information content (AvgIpc) is 3.62. The van der Waals surface area contributed by atoms with Crippen LogP contribution in [-0.2, 0) is 25.6 Å². The zero-order valence-electron chi connectivity index (χ0n) is 27.4. The highest BCUT2D eigenvalue weighted by molar-refractivity contribution is 5.68. The second kappa shape index (κ2) is 12.7. The summed E-state index contributed by atoms with van der Waals surface area (Å²) >= 11 is 0. The van der Waals surface area contributed by atoms with Crippen molar-refractivity contribution < 1.29 is 28.5 Å². The smallest absolute Gasteiger partial charge is 0.303 e. The first kappa shape index (κ1) is 31.4. The zero-order valence-corrected chi connectivity index (χ0v) is 27.4. The van der Waals surface area contributed by atoms with E-state index in [-0.39, 0.29) is 35.0 Å². The van der Waals surface area contributed by atoms with E-state index in [0.29, 0.717) is 30.1 Å². The Kier molecular flexibility index (Phi) is 8.86. The number of hydrogen-bond acceptors (Lipinski definition) is 7. The molecule has 3 fully saturated rings.